The SMILES string of the molecule is C#C[C@@H](O)[C@H]1CO[C@]2(CCCCO2)[C@@]2(CCCCO2)O1. The summed E-state index contributed by atoms with van der Waals surface area (Å²) in [6, 6.07) is 0. The van der Waals surface area contributed by atoms with Crippen LogP contribution in [0.1, 0.15) is 38.5 Å². The Balaban J connectivity index is 1.86. The largest absolute Gasteiger partial charge is 0.378 e. The van der Waals surface area contributed by atoms with Gasteiger partial charge in [-0.3, -0.25) is 0 Å². The predicted octanol–water partition coefficient (Wildman–Crippen LogP) is 1.19. The molecule has 3 heterocycles. The zero-order valence-corrected chi connectivity index (χ0v) is 11.7. The van der Waals surface area contributed by atoms with Crippen molar-refractivity contribution in [3.8, 4) is 12.3 Å². The molecule has 5 heteroatoms. The number of rotatable bonds is 1. The van der Waals surface area contributed by atoms with Crippen LogP contribution in [0.15, 0.2) is 0 Å². The number of aliphatic hydroxyl groups is 1. The Morgan fingerprint density at radius 2 is 1.65 bits per heavy atom. The molecular formula is C15H22O5. The van der Waals surface area contributed by atoms with E-state index < -0.39 is 23.8 Å². The molecule has 0 aliphatic carbocycles. The summed E-state index contributed by atoms with van der Waals surface area (Å²) < 4.78 is 24.0. The van der Waals surface area contributed by atoms with Gasteiger partial charge in [0, 0.05) is 12.8 Å². The second-order valence-electron chi connectivity index (χ2n) is 5.70. The van der Waals surface area contributed by atoms with Crippen LogP contribution in [0.5, 0.6) is 0 Å². The van der Waals surface area contributed by atoms with Crippen molar-refractivity contribution in [2.24, 2.45) is 0 Å². The topological polar surface area (TPSA) is 57.2 Å². The molecule has 0 aromatic carbocycles. The van der Waals surface area contributed by atoms with E-state index >= 15 is 0 Å². The molecule has 0 aromatic heterocycles. The van der Waals surface area contributed by atoms with Crippen molar-refractivity contribution in [2.45, 2.75) is 62.3 Å². The summed E-state index contributed by atoms with van der Waals surface area (Å²) >= 11 is 0. The summed E-state index contributed by atoms with van der Waals surface area (Å²) in [5.74, 6) is 0.541. The van der Waals surface area contributed by atoms with Gasteiger partial charge in [-0.25, -0.2) is 0 Å². The first-order valence-electron chi connectivity index (χ1n) is 7.45. The van der Waals surface area contributed by atoms with Crippen molar-refractivity contribution in [3.63, 3.8) is 0 Å². The van der Waals surface area contributed by atoms with E-state index in [1.165, 1.54) is 0 Å². The van der Waals surface area contributed by atoms with Gasteiger partial charge >= 0.3 is 0 Å². The molecule has 0 saturated carbocycles. The van der Waals surface area contributed by atoms with E-state index in [-0.39, 0.29) is 6.61 Å². The maximum atomic E-state index is 9.85. The fourth-order valence-electron chi connectivity index (χ4n) is 3.30. The van der Waals surface area contributed by atoms with Crippen LogP contribution < -0.4 is 0 Å². The third kappa shape index (κ3) is 2.26. The third-order valence-corrected chi connectivity index (χ3v) is 4.40. The van der Waals surface area contributed by atoms with Crippen LogP contribution in [-0.2, 0) is 18.9 Å². The molecule has 3 fully saturated rings. The first kappa shape index (κ1) is 14.3. The molecule has 3 aliphatic rings. The van der Waals surface area contributed by atoms with Crippen LogP contribution in [0.25, 0.3) is 0 Å². The van der Waals surface area contributed by atoms with Gasteiger partial charge in [-0.15, -0.1) is 6.42 Å². The van der Waals surface area contributed by atoms with Gasteiger partial charge in [-0.1, -0.05) is 5.92 Å². The number of fused-ring (bicyclic) bond motifs is 1. The molecule has 0 amide bonds. The maximum Gasteiger partial charge on any atom is 0.224 e. The minimum atomic E-state index is -0.988. The molecule has 0 radical (unpaired) electrons. The molecule has 0 unspecified atom stereocenters. The third-order valence-electron chi connectivity index (χ3n) is 4.40. The smallest absolute Gasteiger partial charge is 0.224 e. The van der Waals surface area contributed by atoms with E-state index in [9.17, 15) is 5.11 Å². The van der Waals surface area contributed by atoms with Crippen molar-refractivity contribution in [1.29, 1.82) is 0 Å². The zero-order valence-electron chi connectivity index (χ0n) is 11.7. The second-order valence-corrected chi connectivity index (χ2v) is 5.70. The Bertz CT molecular complexity index is 376. The first-order chi connectivity index (χ1) is 9.71. The summed E-state index contributed by atoms with van der Waals surface area (Å²) in [6.07, 6.45) is 9.25. The minimum absolute atomic E-state index is 0.233. The number of aliphatic hydroxyl groups excluding tert-OH is 1. The number of hydrogen-bond donors (Lipinski definition) is 1. The maximum absolute atomic E-state index is 9.85. The summed E-state index contributed by atoms with van der Waals surface area (Å²) in [4.78, 5) is 0. The van der Waals surface area contributed by atoms with E-state index in [0.717, 1.165) is 32.1 Å². The van der Waals surface area contributed by atoms with Crippen LogP contribution >= 0.6 is 0 Å². The molecule has 20 heavy (non-hydrogen) atoms. The van der Waals surface area contributed by atoms with Gasteiger partial charge in [0.1, 0.15) is 12.2 Å². The minimum Gasteiger partial charge on any atom is -0.378 e. The molecule has 3 aliphatic heterocycles. The van der Waals surface area contributed by atoms with Crippen molar-refractivity contribution in [3.05, 3.63) is 0 Å². The van der Waals surface area contributed by atoms with Gasteiger partial charge in [0.05, 0.1) is 19.8 Å². The van der Waals surface area contributed by atoms with Gasteiger partial charge in [0.2, 0.25) is 11.6 Å². The van der Waals surface area contributed by atoms with Crippen LogP contribution in [0.3, 0.4) is 0 Å². The van der Waals surface area contributed by atoms with E-state index in [4.69, 9.17) is 25.4 Å². The highest BCUT2D eigenvalue weighted by Gasteiger charge is 2.61. The average molecular weight is 282 g/mol. The van der Waals surface area contributed by atoms with E-state index in [1.54, 1.807) is 0 Å². The molecule has 3 saturated heterocycles. The van der Waals surface area contributed by atoms with E-state index in [0.29, 0.717) is 19.6 Å². The van der Waals surface area contributed by atoms with Crippen molar-refractivity contribution in [1.82, 2.24) is 0 Å². The molecule has 1 N–H and O–H groups in total. The Labute approximate surface area is 119 Å². The number of ether oxygens (including phenoxy) is 4. The van der Waals surface area contributed by atoms with Crippen molar-refractivity contribution >= 4 is 0 Å². The molecule has 5 nitrogen and oxygen atoms in total. The van der Waals surface area contributed by atoms with Crippen LogP contribution in [0.2, 0.25) is 0 Å². The van der Waals surface area contributed by atoms with E-state index in [2.05, 4.69) is 5.92 Å². The highest BCUT2D eigenvalue weighted by atomic mass is 16.8. The highest BCUT2D eigenvalue weighted by molar-refractivity contribution is 5.03. The van der Waals surface area contributed by atoms with Crippen LogP contribution in [0, 0.1) is 12.3 Å². The second kappa shape index (κ2) is 5.63. The fraction of sp³-hybridized carbons (Fsp3) is 0.867. The summed E-state index contributed by atoms with van der Waals surface area (Å²) in [5, 5.41) is 9.85. The lowest BCUT2D eigenvalue weighted by Crippen LogP contribution is -2.68. The van der Waals surface area contributed by atoms with Crippen molar-refractivity contribution < 1.29 is 24.1 Å². The first-order valence-corrected chi connectivity index (χ1v) is 7.45. The van der Waals surface area contributed by atoms with Gasteiger partial charge in [-0.2, -0.15) is 0 Å². The molecular weight excluding hydrogens is 260 g/mol. The summed E-state index contributed by atoms with van der Waals surface area (Å²) in [6.45, 7) is 1.50. The lowest BCUT2D eigenvalue weighted by molar-refractivity contribution is -0.469. The summed E-state index contributed by atoms with van der Waals surface area (Å²) in [5.41, 5.74) is 0. The molecule has 2 spiro atoms. The predicted molar refractivity (Wildman–Crippen MR) is 70.7 cm³/mol. The van der Waals surface area contributed by atoms with Crippen LogP contribution in [0.4, 0.5) is 0 Å². The fourth-order valence-corrected chi connectivity index (χ4v) is 3.30. The lowest BCUT2D eigenvalue weighted by Gasteiger charge is -2.56. The average Bonchev–Trinajstić information content (AvgIpc) is 2.51. The Morgan fingerprint density at radius 3 is 2.20 bits per heavy atom. The van der Waals surface area contributed by atoms with Gasteiger partial charge < -0.3 is 24.1 Å². The zero-order chi connectivity index (χ0) is 14.1. The molecule has 3 rings (SSSR count). The van der Waals surface area contributed by atoms with Gasteiger partial charge in [-0.05, 0) is 25.7 Å². The van der Waals surface area contributed by atoms with Gasteiger partial charge in [0.15, 0.2) is 0 Å². The Morgan fingerprint density at radius 1 is 1.00 bits per heavy atom. The monoisotopic (exact) mass is 282 g/mol. The van der Waals surface area contributed by atoms with Crippen LogP contribution in [-0.4, -0.2) is 48.7 Å². The van der Waals surface area contributed by atoms with Crippen molar-refractivity contribution in [2.75, 3.05) is 19.8 Å². The number of terminal acetylenes is 1. The Kier molecular flexibility index (Phi) is 4.02. The molecule has 112 valence electrons. The normalized spacial score (nSPS) is 43.3. The lowest BCUT2D eigenvalue weighted by atomic mass is 9.89. The molecule has 4 atom stereocenters. The molecule has 0 aromatic rings. The summed E-state index contributed by atoms with van der Waals surface area (Å²) in [7, 11) is 0. The Hall–Kier alpha value is -0.640. The number of hydrogen-bond acceptors (Lipinski definition) is 5. The highest BCUT2D eigenvalue weighted by Crippen LogP contribution is 2.47. The molecule has 0 bridgehead atoms. The quantitative estimate of drug-likeness (QED) is 0.732. The van der Waals surface area contributed by atoms with E-state index in [1.807, 2.05) is 0 Å². The van der Waals surface area contributed by atoms with Gasteiger partial charge in [0.25, 0.3) is 0 Å². The standard InChI is InChI=1S/C15H22O5/c1-2-12(16)13-11-19-14(7-3-5-9-17-14)15(20-13)8-4-6-10-18-15/h1,12-13,16H,3-11H2/t12-,13-,14-,15-/m1/s1.